The van der Waals surface area contributed by atoms with Crippen LogP contribution in [-0.2, 0) is 11.3 Å². The molecule has 1 aromatic heterocycles. The van der Waals surface area contributed by atoms with E-state index in [2.05, 4.69) is 11.9 Å². The number of carbonyl (C=O) groups excluding carboxylic acids is 1. The molecule has 0 saturated carbocycles. The molecule has 0 spiro atoms. The molecule has 146 valence electrons. The lowest BCUT2D eigenvalue weighted by molar-refractivity contribution is 0.0608. The summed E-state index contributed by atoms with van der Waals surface area (Å²) in [5.74, 6) is 0.0343. The minimum absolute atomic E-state index is 0.0343. The number of methoxy groups -OCH3 is 1. The van der Waals surface area contributed by atoms with Crippen LogP contribution in [0.15, 0.2) is 23.0 Å². The van der Waals surface area contributed by atoms with Crippen LogP contribution >= 0.6 is 12.2 Å². The lowest BCUT2D eigenvalue weighted by Gasteiger charge is -2.35. The molecule has 3 rings (SSSR count). The largest absolute Gasteiger partial charge is 0.385 e. The van der Waals surface area contributed by atoms with Crippen molar-refractivity contribution < 1.29 is 9.53 Å². The van der Waals surface area contributed by atoms with Gasteiger partial charge in [0.05, 0.1) is 10.9 Å². The smallest absolute Gasteiger partial charge is 0.262 e. The molecule has 27 heavy (non-hydrogen) atoms. The monoisotopic (exact) mass is 389 g/mol. The van der Waals surface area contributed by atoms with Crippen LogP contribution in [0, 0.1) is 4.77 Å². The molecule has 1 aromatic carbocycles. The van der Waals surface area contributed by atoms with Crippen molar-refractivity contribution in [3.05, 3.63) is 38.9 Å². The lowest BCUT2D eigenvalue weighted by atomic mass is 9.98. The molecular formula is C20H27N3O3S. The number of fused-ring (bicyclic) bond motifs is 1. The first kappa shape index (κ1) is 19.8. The van der Waals surface area contributed by atoms with Crippen molar-refractivity contribution in [3.63, 3.8) is 0 Å². The Morgan fingerprint density at radius 1 is 1.37 bits per heavy atom. The molecule has 0 bridgehead atoms. The highest BCUT2D eigenvalue weighted by molar-refractivity contribution is 7.71. The molecule has 1 unspecified atom stereocenters. The topological polar surface area (TPSA) is 67.3 Å². The second-order valence-electron chi connectivity index (χ2n) is 7.05. The molecule has 2 heterocycles. The maximum absolute atomic E-state index is 13.0. The standard InChI is InChI=1S/C20H27N3O3S/c1-3-15-7-4-5-10-22(15)18(24)14-8-9-16-17(13-14)21-20(27)23(19(16)25)11-6-12-26-2/h8-9,13,15H,3-7,10-12H2,1-2H3,(H,21,27). The number of hydrogen-bond donors (Lipinski definition) is 1. The first-order valence-corrected chi connectivity index (χ1v) is 10.0. The molecule has 6 nitrogen and oxygen atoms in total. The van der Waals surface area contributed by atoms with Crippen LogP contribution in [0.2, 0.25) is 0 Å². The Labute approximate surface area is 164 Å². The van der Waals surface area contributed by atoms with E-state index in [1.807, 2.05) is 4.90 Å². The summed E-state index contributed by atoms with van der Waals surface area (Å²) in [7, 11) is 1.63. The fourth-order valence-electron chi connectivity index (χ4n) is 3.82. The third-order valence-corrected chi connectivity index (χ3v) is 5.64. The van der Waals surface area contributed by atoms with Gasteiger partial charge in [0.25, 0.3) is 11.5 Å². The van der Waals surface area contributed by atoms with Gasteiger partial charge in [0, 0.05) is 38.4 Å². The van der Waals surface area contributed by atoms with E-state index >= 15 is 0 Å². The number of aromatic amines is 1. The number of amides is 1. The van der Waals surface area contributed by atoms with Crippen LogP contribution in [0.3, 0.4) is 0 Å². The van der Waals surface area contributed by atoms with Gasteiger partial charge in [0.2, 0.25) is 0 Å². The predicted octanol–water partition coefficient (Wildman–Crippen LogP) is 3.50. The first-order chi connectivity index (χ1) is 13.1. The zero-order chi connectivity index (χ0) is 19.4. The van der Waals surface area contributed by atoms with E-state index in [9.17, 15) is 9.59 Å². The van der Waals surface area contributed by atoms with Crippen molar-refractivity contribution in [1.29, 1.82) is 0 Å². The molecule has 1 atom stereocenters. The van der Waals surface area contributed by atoms with Gasteiger partial charge in [-0.3, -0.25) is 14.2 Å². The summed E-state index contributed by atoms with van der Waals surface area (Å²) in [6, 6.07) is 5.54. The molecule has 1 aliphatic rings. The molecule has 7 heteroatoms. The average Bonchev–Trinajstić information content (AvgIpc) is 2.69. The van der Waals surface area contributed by atoms with Crippen molar-refractivity contribution in [3.8, 4) is 0 Å². The molecule has 1 amide bonds. The summed E-state index contributed by atoms with van der Waals surface area (Å²) >= 11 is 5.36. The van der Waals surface area contributed by atoms with Gasteiger partial charge in [-0.2, -0.15) is 0 Å². The maximum Gasteiger partial charge on any atom is 0.262 e. The van der Waals surface area contributed by atoms with E-state index in [-0.39, 0.29) is 11.5 Å². The molecule has 0 radical (unpaired) electrons. The van der Waals surface area contributed by atoms with Crippen LogP contribution in [0.25, 0.3) is 10.9 Å². The fraction of sp³-hybridized carbons (Fsp3) is 0.550. The van der Waals surface area contributed by atoms with Crippen molar-refractivity contribution in [2.45, 2.75) is 51.6 Å². The van der Waals surface area contributed by atoms with E-state index in [0.29, 0.717) is 46.9 Å². The lowest BCUT2D eigenvalue weighted by Crippen LogP contribution is -2.43. The zero-order valence-corrected chi connectivity index (χ0v) is 16.8. The van der Waals surface area contributed by atoms with Gasteiger partial charge in [-0.1, -0.05) is 6.92 Å². The van der Waals surface area contributed by atoms with Gasteiger partial charge in [0.15, 0.2) is 4.77 Å². The van der Waals surface area contributed by atoms with Crippen molar-refractivity contribution >= 4 is 29.0 Å². The number of nitrogens with zero attached hydrogens (tertiary/aromatic N) is 2. The second kappa shape index (κ2) is 8.80. The molecule has 2 aromatic rings. The normalized spacial score (nSPS) is 17.4. The summed E-state index contributed by atoms with van der Waals surface area (Å²) in [5.41, 5.74) is 1.09. The quantitative estimate of drug-likeness (QED) is 0.606. The number of rotatable bonds is 6. The minimum Gasteiger partial charge on any atom is -0.385 e. The van der Waals surface area contributed by atoms with Crippen molar-refractivity contribution in [2.75, 3.05) is 20.3 Å². The fourth-order valence-corrected chi connectivity index (χ4v) is 4.10. The van der Waals surface area contributed by atoms with Crippen LogP contribution < -0.4 is 5.56 Å². The SMILES string of the molecule is CCC1CCCCN1C(=O)c1ccc2c(=O)n(CCCOC)c(=S)[nH]c2c1. The number of carbonyl (C=O) groups is 1. The second-order valence-corrected chi connectivity index (χ2v) is 7.44. The highest BCUT2D eigenvalue weighted by Gasteiger charge is 2.26. The van der Waals surface area contributed by atoms with Gasteiger partial charge in [0.1, 0.15) is 0 Å². The summed E-state index contributed by atoms with van der Waals surface area (Å²) in [6.07, 6.45) is 4.96. The van der Waals surface area contributed by atoms with Crippen LogP contribution in [-0.4, -0.2) is 46.7 Å². The molecule has 1 aliphatic heterocycles. The Balaban J connectivity index is 1.93. The highest BCUT2D eigenvalue weighted by Crippen LogP contribution is 2.22. The zero-order valence-electron chi connectivity index (χ0n) is 16.0. The first-order valence-electron chi connectivity index (χ1n) is 9.63. The summed E-state index contributed by atoms with van der Waals surface area (Å²) in [5, 5.41) is 0.545. The maximum atomic E-state index is 13.0. The number of ether oxygens (including phenoxy) is 1. The number of piperidine rings is 1. The summed E-state index contributed by atoms with van der Waals surface area (Å²) in [6.45, 7) is 4.00. The van der Waals surface area contributed by atoms with E-state index in [0.717, 1.165) is 25.8 Å². The van der Waals surface area contributed by atoms with E-state index in [4.69, 9.17) is 17.0 Å². The molecule has 1 saturated heterocycles. The van der Waals surface area contributed by atoms with Gasteiger partial charge in [-0.15, -0.1) is 0 Å². The number of aromatic nitrogens is 2. The average molecular weight is 390 g/mol. The van der Waals surface area contributed by atoms with E-state index < -0.39 is 0 Å². The van der Waals surface area contributed by atoms with Crippen LogP contribution in [0.5, 0.6) is 0 Å². The molecular weight excluding hydrogens is 362 g/mol. The molecule has 1 N–H and O–H groups in total. The Bertz CT molecular complexity index is 934. The third-order valence-electron chi connectivity index (χ3n) is 5.32. The van der Waals surface area contributed by atoms with Gasteiger partial charge in [-0.25, -0.2) is 0 Å². The molecule has 1 fully saturated rings. The number of likely N-dealkylation sites (tertiary alicyclic amines) is 1. The molecule has 0 aliphatic carbocycles. The van der Waals surface area contributed by atoms with E-state index in [1.54, 1.807) is 29.9 Å². The van der Waals surface area contributed by atoms with Gasteiger partial charge >= 0.3 is 0 Å². The number of benzene rings is 1. The third kappa shape index (κ3) is 4.14. The Kier molecular flexibility index (Phi) is 6.44. The van der Waals surface area contributed by atoms with Gasteiger partial charge in [-0.05, 0) is 62.5 Å². The Morgan fingerprint density at radius 3 is 2.93 bits per heavy atom. The highest BCUT2D eigenvalue weighted by atomic mass is 32.1. The van der Waals surface area contributed by atoms with Crippen molar-refractivity contribution in [1.82, 2.24) is 14.5 Å². The van der Waals surface area contributed by atoms with Gasteiger partial charge < -0.3 is 14.6 Å². The predicted molar refractivity (Wildman–Crippen MR) is 109 cm³/mol. The minimum atomic E-state index is -0.131. The number of hydrogen-bond acceptors (Lipinski definition) is 4. The Morgan fingerprint density at radius 2 is 2.19 bits per heavy atom. The van der Waals surface area contributed by atoms with Crippen LogP contribution in [0.1, 0.15) is 49.4 Å². The number of nitrogens with one attached hydrogen (secondary N) is 1. The summed E-state index contributed by atoms with van der Waals surface area (Å²) in [4.78, 5) is 30.9. The Hall–Kier alpha value is -1.99. The van der Waals surface area contributed by atoms with Crippen molar-refractivity contribution in [2.24, 2.45) is 0 Å². The van der Waals surface area contributed by atoms with E-state index in [1.165, 1.54) is 6.42 Å². The summed E-state index contributed by atoms with van der Waals surface area (Å²) < 4.78 is 6.97. The number of H-pyrrole nitrogens is 1. The van der Waals surface area contributed by atoms with Crippen LogP contribution in [0.4, 0.5) is 0 Å².